The van der Waals surface area contributed by atoms with Crippen LogP contribution in [0.4, 0.5) is 15.0 Å². The second-order valence-electron chi connectivity index (χ2n) is 12.1. The minimum atomic E-state index is -0.983. The molecule has 1 N–H and O–H groups in total. The van der Waals surface area contributed by atoms with E-state index in [0.717, 1.165) is 11.1 Å². The number of benzene rings is 1. The van der Waals surface area contributed by atoms with Gasteiger partial charge in [-0.25, -0.2) is 9.18 Å². The van der Waals surface area contributed by atoms with Gasteiger partial charge in [0.05, 0.1) is 31.3 Å². The van der Waals surface area contributed by atoms with Gasteiger partial charge >= 0.3 is 6.09 Å². The number of hydrogen-bond acceptors (Lipinski definition) is 8. The van der Waals surface area contributed by atoms with Gasteiger partial charge in [-0.1, -0.05) is 0 Å². The Morgan fingerprint density at radius 1 is 1.12 bits per heavy atom. The smallest absolute Gasteiger partial charge is 0.416 e. The summed E-state index contributed by atoms with van der Waals surface area (Å²) in [7, 11) is 0. The van der Waals surface area contributed by atoms with E-state index in [-0.39, 0.29) is 19.1 Å². The quantitative estimate of drug-likeness (QED) is 0.370. The zero-order valence-corrected chi connectivity index (χ0v) is 23.6. The summed E-state index contributed by atoms with van der Waals surface area (Å²) in [6.07, 6.45) is 4.54. The van der Waals surface area contributed by atoms with Gasteiger partial charge in [0.2, 0.25) is 0 Å². The van der Waals surface area contributed by atoms with Crippen molar-refractivity contribution in [1.29, 1.82) is 0 Å². The number of hydrogen-bond donors (Lipinski definition) is 1. The number of nitrogens with zero attached hydrogens (tertiary/aromatic N) is 5. The van der Waals surface area contributed by atoms with Crippen LogP contribution in [0.25, 0.3) is 16.8 Å². The largest absolute Gasteiger partial charge is 0.493 e. The minimum Gasteiger partial charge on any atom is -0.493 e. The van der Waals surface area contributed by atoms with Crippen molar-refractivity contribution in [2.24, 2.45) is 0 Å². The number of rotatable bonds is 3. The van der Waals surface area contributed by atoms with E-state index < -0.39 is 23.1 Å². The van der Waals surface area contributed by atoms with Crippen molar-refractivity contribution in [2.75, 3.05) is 18.1 Å². The number of ether oxygens (including phenoxy) is 3. The number of pyridine rings is 2. The number of carbonyl (C=O) groups excluding carboxylic acids is 1. The molecule has 4 aromatic rings. The highest BCUT2D eigenvalue weighted by Crippen LogP contribution is 2.44. The molecule has 3 aromatic heterocycles. The topological polar surface area (TPSA) is 111 Å². The van der Waals surface area contributed by atoms with E-state index in [4.69, 9.17) is 14.2 Å². The first kappa shape index (κ1) is 26.9. The van der Waals surface area contributed by atoms with Crippen molar-refractivity contribution in [2.45, 2.75) is 64.7 Å². The maximum absolute atomic E-state index is 15.4. The van der Waals surface area contributed by atoms with Crippen LogP contribution in [0.15, 0.2) is 43.0 Å². The molecule has 1 amide bonds. The van der Waals surface area contributed by atoms with E-state index in [1.54, 1.807) is 57.5 Å². The summed E-state index contributed by atoms with van der Waals surface area (Å²) in [5.41, 5.74) is 1.96. The van der Waals surface area contributed by atoms with Crippen molar-refractivity contribution in [3.8, 4) is 22.6 Å². The van der Waals surface area contributed by atoms with Gasteiger partial charge in [-0.2, -0.15) is 0 Å². The highest BCUT2D eigenvalue weighted by Gasteiger charge is 2.37. The molecule has 11 heteroatoms. The van der Waals surface area contributed by atoms with Crippen LogP contribution in [0.3, 0.4) is 0 Å². The van der Waals surface area contributed by atoms with Gasteiger partial charge in [-0.05, 0) is 70.0 Å². The lowest BCUT2D eigenvalue weighted by Crippen LogP contribution is -2.38. The van der Waals surface area contributed by atoms with Crippen LogP contribution in [0.5, 0.6) is 11.5 Å². The summed E-state index contributed by atoms with van der Waals surface area (Å²) in [6.45, 7) is 9.19. The van der Waals surface area contributed by atoms with Crippen molar-refractivity contribution in [3.63, 3.8) is 0 Å². The number of aliphatic hydroxyl groups is 1. The highest BCUT2D eigenvalue weighted by atomic mass is 19.1. The zero-order valence-electron chi connectivity index (χ0n) is 23.6. The number of carbonyl (C=O) groups is 1. The Morgan fingerprint density at radius 2 is 1.88 bits per heavy atom. The first-order valence-electron chi connectivity index (χ1n) is 13.5. The summed E-state index contributed by atoms with van der Waals surface area (Å²) in [5.74, 6) is 0.577. The molecular formula is C30H32FN5O5. The molecule has 41 heavy (non-hydrogen) atoms. The first-order valence-corrected chi connectivity index (χ1v) is 13.5. The van der Waals surface area contributed by atoms with Gasteiger partial charge in [0.15, 0.2) is 17.2 Å². The van der Waals surface area contributed by atoms with Crippen molar-refractivity contribution >= 4 is 17.6 Å². The summed E-state index contributed by atoms with van der Waals surface area (Å²) in [5, 5.41) is 19.1. The third kappa shape index (κ3) is 5.06. The first-order chi connectivity index (χ1) is 19.4. The Morgan fingerprint density at radius 3 is 2.61 bits per heavy atom. The van der Waals surface area contributed by atoms with Crippen molar-refractivity contribution in [1.82, 2.24) is 19.6 Å². The Balaban J connectivity index is 1.59. The van der Waals surface area contributed by atoms with E-state index in [0.29, 0.717) is 52.7 Å². The van der Waals surface area contributed by atoms with Gasteiger partial charge in [-0.3, -0.25) is 14.3 Å². The number of halogens is 1. The Labute approximate surface area is 236 Å². The summed E-state index contributed by atoms with van der Waals surface area (Å²) < 4.78 is 35.2. The van der Waals surface area contributed by atoms with E-state index in [9.17, 15) is 9.90 Å². The zero-order chi connectivity index (χ0) is 29.1. The highest BCUT2D eigenvalue weighted by molar-refractivity contribution is 5.92. The molecule has 0 radical (unpaired) electrons. The van der Waals surface area contributed by atoms with Crippen LogP contribution in [0.1, 0.15) is 57.2 Å². The molecule has 214 valence electrons. The van der Waals surface area contributed by atoms with Gasteiger partial charge in [-0.15, -0.1) is 10.2 Å². The number of amides is 1. The second-order valence-corrected chi connectivity index (χ2v) is 12.1. The monoisotopic (exact) mass is 561 g/mol. The fraction of sp³-hybridized carbons (Fsp3) is 0.400. The van der Waals surface area contributed by atoms with E-state index in [2.05, 4.69) is 15.2 Å². The molecule has 1 atom stereocenters. The lowest BCUT2D eigenvalue weighted by Gasteiger charge is -2.29. The van der Waals surface area contributed by atoms with Crippen LogP contribution >= 0.6 is 0 Å². The molecule has 0 aliphatic carbocycles. The standard InChI is InChI=1S/C30H32FN5O5/c1-29(2,3)41-28(37)35-13-21-22(31)6-7-23-25(21)18(14-39-23)15-40-24-10-20(26-34-33-16-36(26)27(24)35)19-8-9-32-12-17(19)11-30(4,5)38/h6-10,12,16,18,38H,11,13-15H2,1-5H3/t18-/m1/s1. The molecule has 0 unspecified atom stereocenters. The van der Waals surface area contributed by atoms with Gasteiger partial charge in [0.25, 0.3) is 0 Å². The number of fused-ring (bicyclic) bond motifs is 3. The molecular weight excluding hydrogens is 529 g/mol. The average Bonchev–Trinajstić information content (AvgIpc) is 3.53. The SMILES string of the molecule is CC(C)(O)Cc1cnccc1-c1cc2c(n3cnnc13)N(C(=O)OC(C)(C)C)Cc1c(F)ccc3c1[C@H](CO3)CO2. The molecule has 0 bridgehead atoms. The Bertz CT molecular complexity index is 1660. The second kappa shape index (κ2) is 9.69. The average molecular weight is 562 g/mol. The number of anilines is 1. The Kier molecular flexibility index (Phi) is 6.37. The normalized spacial score (nSPS) is 16.7. The number of aromatic nitrogens is 4. The molecule has 10 nitrogen and oxygen atoms in total. The lowest BCUT2D eigenvalue weighted by molar-refractivity contribution is 0.0574. The molecule has 5 heterocycles. The van der Waals surface area contributed by atoms with E-state index >= 15 is 4.39 Å². The van der Waals surface area contributed by atoms with Crippen molar-refractivity contribution in [3.05, 3.63) is 65.5 Å². The van der Waals surface area contributed by atoms with Crippen LogP contribution in [0, 0.1) is 5.82 Å². The molecule has 0 fully saturated rings. The lowest BCUT2D eigenvalue weighted by atomic mass is 9.93. The predicted octanol–water partition coefficient (Wildman–Crippen LogP) is 5.05. The summed E-state index contributed by atoms with van der Waals surface area (Å²) in [4.78, 5) is 19.4. The van der Waals surface area contributed by atoms with Crippen LogP contribution in [0.2, 0.25) is 0 Å². The molecule has 1 aromatic carbocycles. The third-order valence-corrected chi connectivity index (χ3v) is 7.06. The maximum atomic E-state index is 15.4. The molecule has 0 saturated carbocycles. The van der Waals surface area contributed by atoms with Gasteiger partial charge in [0.1, 0.15) is 23.5 Å². The maximum Gasteiger partial charge on any atom is 0.416 e. The van der Waals surface area contributed by atoms with Crippen molar-refractivity contribution < 1.29 is 28.5 Å². The van der Waals surface area contributed by atoms with Gasteiger partial charge < -0.3 is 19.3 Å². The molecule has 2 aliphatic rings. The van der Waals surface area contributed by atoms with Gasteiger partial charge in [0, 0.05) is 35.5 Å². The van der Waals surface area contributed by atoms with Crippen LogP contribution < -0.4 is 14.4 Å². The Hall–Kier alpha value is -4.25. The summed E-state index contributed by atoms with van der Waals surface area (Å²) in [6, 6.07) is 6.62. The summed E-state index contributed by atoms with van der Waals surface area (Å²) >= 11 is 0. The fourth-order valence-corrected chi connectivity index (χ4v) is 5.46. The fourth-order valence-electron chi connectivity index (χ4n) is 5.46. The van der Waals surface area contributed by atoms with Crippen LogP contribution in [-0.4, -0.2) is 55.2 Å². The molecule has 6 rings (SSSR count). The molecule has 0 saturated heterocycles. The minimum absolute atomic E-state index is 0.119. The predicted molar refractivity (Wildman–Crippen MR) is 149 cm³/mol. The third-order valence-electron chi connectivity index (χ3n) is 7.06. The van der Waals surface area contributed by atoms with E-state index in [1.165, 1.54) is 17.3 Å². The van der Waals surface area contributed by atoms with E-state index in [1.807, 2.05) is 12.1 Å². The molecule has 2 aliphatic heterocycles. The van der Waals surface area contributed by atoms with Crippen LogP contribution in [-0.2, 0) is 17.7 Å². The molecule has 0 spiro atoms.